The van der Waals surface area contributed by atoms with Crippen LogP contribution >= 0.6 is 0 Å². The number of rotatable bonds is 12. The highest BCUT2D eigenvalue weighted by Crippen LogP contribution is 2.58. The summed E-state index contributed by atoms with van der Waals surface area (Å²) in [6.07, 6.45) is 5.15. The smallest absolute Gasteiger partial charge is 0.310 e. The number of aryl methyl sites for hydroxylation is 2. The van der Waals surface area contributed by atoms with E-state index in [2.05, 4.69) is 24.3 Å². The van der Waals surface area contributed by atoms with Gasteiger partial charge in [0.25, 0.3) is 0 Å². The Labute approximate surface area is 201 Å². The van der Waals surface area contributed by atoms with Crippen LogP contribution in [0, 0.1) is 11.8 Å². The van der Waals surface area contributed by atoms with Crippen molar-refractivity contribution in [2.24, 2.45) is 11.8 Å². The Morgan fingerprint density at radius 1 is 0.647 bits per heavy atom. The molecule has 0 aromatic heterocycles. The lowest BCUT2D eigenvalue weighted by molar-refractivity contribution is -0.168. The molecule has 4 atom stereocenters. The second-order valence-electron chi connectivity index (χ2n) is 8.99. The summed E-state index contributed by atoms with van der Waals surface area (Å²) >= 11 is 0. The quantitative estimate of drug-likeness (QED) is 0.364. The van der Waals surface area contributed by atoms with Gasteiger partial charge in [-0.05, 0) is 60.8 Å². The number of hydrogen-bond donors (Lipinski definition) is 2. The molecular weight excluding hydrogens is 432 g/mol. The Bertz CT molecular complexity index is 843. The molecule has 34 heavy (non-hydrogen) atoms. The zero-order chi connectivity index (χ0) is 24.5. The first kappa shape index (κ1) is 25.9. The third kappa shape index (κ3) is 5.86. The van der Waals surface area contributed by atoms with Crippen LogP contribution in [0.2, 0.25) is 0 Å². The van der Waals surface area contributed by atoms with E-state index in [-0.39, 0.29) is 25.0 Å². The molecule has 0 unspecified atom stereocenters. The average molecular weight is 469 g/mol. The number of aliphatic hydroxyl groups excluding tert-OH is 2. The van der Waals surface area contributed by atoms with Gasteiger partial charge < -0.3 is 19.7 Å². The molecule has 2 aromatic carbocycles. The van der Waals surface area contributed by atoms with E-state index in [1.54, 1.807) is 0 Å². The van der Waals surface area contributed by atoms with Crippen molar-refractivity contribution in [1.82, 2.24) is 0 Å². The number of carbonyl (C=O) groups excluding carboxylic acids is 2. The van der Waals surface area contributed by atoms with E-state index in [0.717, 1.165) is 49.7 Å². The molecule has 3 rings (SSSR count). The molecule has 184 valence electrons. The summed E-state index contributed by atoms with van der Waals surface area (Å²) in [4.78, 5) is 25.5. The van der Waals surface area contributed by atoms with Crippen molar-refractivity contribution in [3.05, 3.63) is 70.8 Å². The maximum Gasteiger partial charge on any atom is 0.310 e. The van der Waals surface area contributed by atoms with Gasteiger partial charge in [0.1, 0.15) is 0 Å². The Hall–Kier alpha value is -2.70. The van der Waals surface area contributed by atoms with E-state index in [0.29, 0.717) is 0 Å². The van der Waals surface area contributed by atoms with Crippen molar-refractivity contribution in [1.29, 1.82) is 0 Å². The summed E-state index contributed by atoms with van der Waals surface area (Å²) in [6, 6.07) is 16.4. The topological polar surface area (TPSA) is 93.1 Å². The van der Waals surface area contributed by atoms with Crippen molar-refractivity contribution in [2.45, 2.75) is 50.4 Å². The van der Waals surface area contributed by atoms with Gasteiger partial charge in [0.15, 0.2) is 0 Å². The summed E-state index contributed by atoms with van der Waals surface area (Å²) < 4.78 is 10.2. The van der Waals surface area contributed by atoms with E-state index in [4.69, 9.17) is 19.7 Å². The zero-order valence-electron chi connectivity index (χ0n) is 20.1. The molecule has 2 N–H and O–H groups in total. The zero-order valence-corrected chi connectivity index (χ0v) is 20.1. The van der Waals surface area contributed by atoms with Crippen LogP contribution in [0.3, 0.4) is 0 Å². The third-order valence-electron chi connectivity index (χ3n) is 6.97. The first-order valence-corrected chi connectivity index (χ1v) is 12.1. The molecule has 0 spiro atoms. The first-order valence-electron chi connectivity index (χ1n) is 12.1. The first-order chi connectivity index (χ1) is 16.5. The van der Waals surface area contributed by atoms with E-state index < -0.39 is 23.8 Å². The van der Waals surface area contributed by atoms with Gasteiger partial charge in [-0.3, -0.25) is 9.59 Å². The van der Waals surface area contributed by atoms with Crippen LogP contribution in [0.25, 0.3) is 0 Å². The van der Waals surface area contributed by atoms with Crippen molar-refractivity contribution in [3.63, 3.8) is 0 Å². The predicted molar refractivity (Wildman–Crippen MR) is 129 cm³/mol. The summed E-state index contributed by atoms with van der Waals surface area (Å²) in [5, 5.41) is 18.0. The van der Waals surface area contributed by atoms with Gasteiger partial charge in [-0.1, -0.05) is 48.5 Å². The maximum absolute atomic E-state index is 12.8. The molecule has 0 aliphatic heterocycles. The highest BCUT2D eigenvalue weighted by Gasteiger charge is 2.59. The van der Waals surface area contributed by atoms with Gasteiger partial charge in [-0.25, -0.2) is 0 Å². The van der Waals surface area contributed by atoms with Crippen LogP contribution in [-0.2, 0) is 31.9 Å². The van der Waals surface area contributed by atoms with Gasteiger partial charge in [-0.15, -0.1) is 0 Å². The molecular formula is C28H36O6. The second-order valence-corrected chi connectivity index (χ2v) is 8.99. The van der Waals surface area contributed by atoms with Gasteiger partial charge in [-0.2, -0.15) is 0 Å². The normalized spacial score (nSPS) is 21.5. The lowest BCUT2D eigenvalue weighted by Crippen LogP contribution is -2.52. The molecule has 6 nitrogen and oxygen atoms in total. The Morgan fingerprint density at radius 2 is 1.00 bits per heavy atom. The maximum atomic E-state index is 12.8. The summed E-state index contributed by atoms with van der Waals surface area (Å²) in [7, 11) is 2.71. The highest BCUT2D eigenvalue weighted by molar-refractivity contribution is 5.87. The lowest BCUT2D eigenvalue weighted by Gasteiger charge is -2.49. The van der Waals surface area contributed by atoms with Crippen LogP contribution in [0.15, 0.2) is 48.5 Å². The molecule has 0 radical (unpaired) electrons. The number of hydrogen-bond acceptors (Lipinski definition) is 6. The van der Waals surface area contributed by atoms with E-state index >= 15 is 0 Å². The highest BCUT2D eigenvalue weighted by atomic mass is 16.5. The molecule has 1 aliphatic carbocycles. The Kier molecular flexibility index (Phi) is 9.66. The van der Waals surface area contributed by atoms with Crippen molar-refractivity contribution in [2.75, 3.05) is 27.4 Å². The molecule has 2 aromatic rings. The predicted octanol–water partition coefficient (Wildman–Crippen LogP) is 3.78. The third-order valence-corrected chi connectivity index (χ3v) is 6.97. The van der Waals surface area contributed by atoms with Crippen LogP contribution in [-0.4, -0.2) is 49.6 Å². The number of aliphatic hydroxyl groups is 2. The number of benzene rings is 2. The van der Waals surface area contributed by atoms with Gasteiger partial charge >= 0.3 is 11.9 Å². The van der Waals surface area contributed by atoms with Crippen LogP contribution in [0.4, 0.5) is 0 Å². The van der Waals surface area contributed by atoms with Crippen molar-refractivity contribution in [3.8, 4) is 0 Å². The molecule has 0 heterocycles. The fourth-order valence-corrected chi connectivity index (χ4v) is 5.13. The number of esters is 2. The standard InChI is InChI=1S/C28H36O6/c1-33-27(31)25-23(21-13-9-19(10-14-21)7-3-5-17-29)24(26(25)28(32)34-2)22-15-11-20(12-16-22)8-4-6-18-30/h9-16,23-26,29-30H,3-8,17-18H2,1-2H3/t23-,24+,25+,26-. The average Bonchev–Trinajstić information content (AvgIpc) is 2.85. The van der Waals surface area contributed by atoms with E-state index in [1.165, 1.54) is 25.3 Å². The second kappa shape index (κ2) is 12.7. The van der Waals surface area contributed by atoms with Crippen LogP contribution in [0.5, 0.6) is 0 Å². The fourth-order valence-electron chi connectivity index (χ4n) is 5.13. The van der Waals surface area contributed by atoms with Gasteiger partial charge in [0, 0.05) is 25.0 Å². The Morgan fingerprint density at radius 3 is 1.29 bits per heavy atom. The molecule has 6 heteroatoms. The number of methoxy groups -OCH3 is 2. The van der Waals surface area contributed by atoms with E-state index in [9.17, 15) is 9.59 Å². The van der Waals surface area contributed by atoms with Crippen molar-refractivity contribution < 1.29 is 29.3 Å². The van der Waals surface area contributed by atoms with Crippen LogP contribution in [0.1, 0.15) is 59.8 Å². The summed E-state index contributed by atoms with van der Waals surface area (Å²) in [5.41, 5.74) is 4.36. The lowest BCUT2D eigenvalue weighted by atomic mass is 9.52. The summed E-state index contributed by atoms with van der Waals surface area (Å²) in [5.74, 6) is -2.39. The Balaban J connectivity index is 1.90. The molecule has 0 saturated heterocycles. The van der Waals surface area contributed by atoms with Crippen molar-refractivity contribution >= 4 is 11.9 Å². The molecule has 1 saturated carbocycles. The number of carbonyl (C=O) groups is 2. The molecule has 1 aliphatic rings. The largest absolute Gasteiger partial charge is 0.469 e. The van der Waals surface area contributed by atoms with Gasteiger partial charge in [0.05, 0.1) is 26.1 Å². The minimum Gasteiger partial charge on any atom is -0.469 e. The van der Waals surface area contributed by atoms with Gasteiger partial charge in [0.2, 0.25) is 0 Å². The van der Waals surface area contributed by atoms with Crippen LogP contribution < -0.4 is 0 Å². The minimum atomic E-state index is -0.605. The van der Waals surface area contributed by atoms with E-state index in [1.807, 2.05) is 24.3 Å². The molecule has 1 fully saturated rings. The SMILES string of the molecule is COC(=O)[C@@H]1[C@H](C(=O)OC)[C@@H](c2ccc(CCCCO)cc2)[C@H]1c1ccc(CCCCO)cc1. The number of unbranched alkanes of at least 4 members (excludes halogenated alkanes) is 2. The number of ether oxygens (including phenoxy) is 2. The minimum absolute atomic E-state index is 0.191. The molecule has 0 amide bonds. The summed E-state index contributed by atoms with van der Waals surface area (Å²) in [6.45, 7) is 0.385. The molecule has 0 bridgehead atoms. The fraction of sp³-hybridized carbons (Fsp3) is 0.500. The monoisotopic (exact) mass is 468 g/mol.